The number of carbonyl (C=O) groups is 2. The number of likely N-dealkylation sites (tertiary alicyclic amines) is 1. The van der Waals surface area contributed by atoms with Crippen molar-refractivity contribution in [1.29, 1.82) is 0 Å². The fourth-order valence-corrected chi connectivity index (χ4v) is 5.68. The Morgan fingerprint density at radius 3 is 2.48 bits per heavy atom. The molecule has 2 fully saturated rings. The van der Waals surface area contributed by atoms with Crippen LogP contribution in [0.3, 0.4) is 0 Å². The Hall–Kier alpha value is -2.37. The molecule has 5 rings (SSSR count). The van der Waals surface area contributed by atoms with Crippen LogP contribution in [0.25, 0.3) is 0 Å². The van der Waals surface area contributed by atoms with Crippen molar-refractivity contribution < 1.29 is 19.4 Å². The number of fused-ring (bicyclic) bond motifs is 1. The average molecular weight is 468 g/mol. The molecule has 1 saturated heterocycles. The molecule has 3 aliphatic rings. The smallest absolute Gasteiger partial charge is 0.225 e. The van der Waals surface area contributed by atoms with E-state index in [0.717, 1.165) is 38.8 Å². The van der Waals surface area contributed by atoms with Gasteiger partial charge in [0.05, 0.1) is 6.10 Å². The summed E-state index contributed by atoms with van der Waals surface area (Å²) in [6.07, 6.45) is 2.81. The lowest BCUT2D eigenvalue weighted by Crippen LogP contribution is -2.51. The maximum absolute atomic E-state index is 12.9. The van der Waals surface area contributed by atoms with Crippen molar-refractivity contribution in [2.24, 2.45) is 11.8 Å². The van der Waals surface area contributed by atoms with Crippen molar-refractivity contribution in [1.82, 2.24) is 4.90 Å². The summed E-state index contributed by atoms with van der Waals surface area (Å²) in [6.45, 7) is 1.63. The monoisotopic (exact) mass is 467 g/mol. The molecule has 174 valence electrons. The molecule has 2 heterocycles. The van der Waals surface area contributed by atoms with Gasteiger partial charge in [-0.3, -0.25) is 9.59 Å². The van der Waals surface area contributed by atoms with E-state index >= 15 is 0 Å². The summed E-state index contributed by atoms with van der Waals surface area (Å²) >= 11 is 6.01. The zero-order valence-corrected chi connectivity index (χ0v) is 19.4. The summed E-state index contributed by atoms with van der Waals surface area (Å²) < 4.78 is 5.89. The molecule has 2 aromatic carbocycles. The molecule has 2 aromatic rings. The fraction of sp³-hybridized carbons (Fsp3) is 0.481. The molecule has 2 aliphatic heterocycles. The lowest BCUT2D eigenvalue weighted by Gasteiger charge is -2.42. The highest BCUT2D eigenvalue weighted by atomic mass is 35.5. The first-order valence-corrected chi connectivity index (χ1v) is 12.4. The molecule has 33 heavy (non-hydrogen) atoms. The summed E-state index contributed by atoms with van der Waals surface area (Å²) in [7, 11) is 0. The second-order valence-electron chi connectivity index (χ2n) is 9.78. The molecule has 0 aromatic heterocycles. The van der Waals surface area contributed by atoms with E-state index in [0.29, 0.717) is 28.7 Å². The van der Waals surface area contributed by atoms with Gasteiger partial charge in [-0.05, 0) is 55.4 Å². The van der Waals surface area contributed by atoms with Crippen molar-refractivity contribution >= 4 is 23.3 Å². The van der Waals surface area contributed by atoms with Gasteiger partial charge in [-0.25, -0.2) is 0 Å². The van der Waals surface area contributed by atoms with Gasteiger partial charge in [0.25, 0.3) is 0 Å². The molecule has 6 heteroatoms. The van der Waals surface area contributed by atoms with Gasteiger partial charge < -0.3 is 14.7 Å². The molecule has 0 radical (unpaired) electrons. The van der Waals surface area contributed by atoms with Crippen LogP contribution < -0.4 is 4.74 Å². The normalized spacial score (nSPS) is 27.3. The number of rotatable bonds is 5. The van der Waals surface area contributed by atoms with Crippen LogP contribution in [0.1, 0.15) is 61.7 Å². The largest absolute Gasteiger partial charge is 0.482 e. The van der Waals surface area contributed by atoms with Gasteiger partial charge in [0.2, 0.25) is 5.91 Å². The number of amides is 1. The Bertz CT molecular complexity index is 1010. The third-order valence-corrected chi connectivity index (χ3v) is 7.78. The second-order valence-corrected chi connectivity index (χ2v) is 10.2. The van der Waals surface area contributed by atoms with Crippen molar-refractivity contribution in [3.8, 4) is 5.75 Å². The predicted molar refractivity (Wildman–Crippen MR) is 126 cm³/mol. The first kappa shape index (κ1) is 22.4. The van der Waals surface area contributed by atoms with Crippen molar-refractivity contribution in [3.05, 3.63) is 64.7 Å². The molecular weight excluding hydrogens is 438 g/mol. The van der Waals surface area contributed by atoms with E-state index in [1.807, 2.05) is 11.0 Å². The molecular formula is C27H30ClNO4. The Morgan fingerprint density at radius 1 is 1.03 bits per heavy atom. The SMILES string of the molecule is O=C(CC1CCC(C(=O)N2CC(c3ccccc3)C2)CC1)[C@H]1C[C@@H](O)c2cc(Cl)ccc2O1. The zero-order chi connectivity index (χ0) is 22.9. The number of hydrogen-bond donors (Lipinski definition) is 1. The molecule has 1 aliphatic carbocycles. The summed E-state index contributed by atoms with van der Waals surface area (Å²) in [6, 6.07) is 15.5. The van der Waals surface area contributed by atoms with E-state index < -0.39 is 12.2 Å². The van der Waals surface area contributed by atoms with Gasteiger partial charge >= 0.3 is 0 Å². The van der Waals surface area contributed by atoms with Crippen molar-refractivity contribution in [2.45, 2.75) is 56.7 Å². The number of benzene rings is 2. The molecule has 0 unspecified atom stereocenters. The predicted octanol–water partition coefficient (Wildman–Crippen LogP) is 4.92. The van der Waals surface area contributed by atoms with Crippen LogP contribution in [0.15, 0.2) is 48.5 Å². The number of ketones is 1. The maximum atomic E-state index is 12.9. The number of carbonyl (C=O) groups excluding carboxylic acids is 2. The van der Waals surface area contributed by atoms with Gasteiger partial charge in [0.1, 0.15) is 5.75 Å². The number of Topliss-reactive ketones (excluding diaryl/α,β-unsaturated/α-hetero) is 1. The lowest BCUT2D eigenvalue weighted by molar-refractivity contribution is -0.141. The average Bonchev–Trinajstić information content (AvgIpc) is 2.79. The quantitative estimate of drug-likeness (QED) is 0.678. The number of hydrogen-bond acceptors (Lipinski definition) is 4. The third-order valence-electron chi connectivity index (χ3n) is 7.55. The Kier molecular flexibility index (Phi) is 6.44. The lowest BCUT2D eigenvalue weighted by atomic mass is 9.77. The fourth-order valence-electron chi connectivity index (χ4n) is 5.50. The van der Waals surface area contributed by atoms with Gasteiger partial charge in [-0.1, -0.05) is 41.9 Å². The molecule has 5 nitrogen and oxygen atoms in total. The van der Waals surface area contributed by atoms with Gasteiger partial charge in [0.15, 0.2) is 11.9 Å². The zero-order valence-electron chi connectivity index (χ0n) is 18.7. The standard InChI is InChI=1S/C27H30ClNO4/c28-21-10-11-25-22(13-21)23(30)14-26(33-25)24(31)12-17-6-8-19(9-7-17)27(32)29-15-20(16-29)18-4-2-1-3-5-18/h1-5,10-11,13,17,19-20,23,26,30H,6-9,12,14-16H2/t17?,19?,23-,26-/m1/s1. The van der Waals surface area contributed by atoms with E-state index in [9.17, 15) is 14.7 Å². The third kappa shape index (κ3) is 4.80. The van der Waals surface area contributed by atoms with Crippen LogP contribution in [0, 0.1) is 11.8 Å². The Morgan fingerprint density at radius 2 is 1.76 bits per heavy atom. The molecule has 0 bridgehead atoms. The van der Waals surface area contributed by atoms with Crippen molar-refractivity contribution in [2.75, 3.05) is 13.1 Å². The Labute approximate surface area is 199 Å². The van der Waals surface area contributed by atoms with E-state index in [2.05, 4.69) is 24.3 Å². The van der Waals surface area contributed by atoms with E-state index in [-0.39, 0.29) is 29.9 Å². The van der Waals surface area contributed by atoms with Crippen LogP contribution in [0.2, 0.25) is 5.02 Å². The van der Waals surface area contributed by atoms with Crippen LogP contribution in [0.5, 0.6) is 5.75 Å². The second kappa shape index (κ2) is 9.47. The van der Waals surface area contributed by atoms with Crippen LogP contribution in [-0.2, 0) is 9.59 Å². The van der Waals surface area contributed by atoms with Gasteiger partial charge in [-0.2, -0.15) is 0 Å². The highest BCUT2D eigenvalue weighted by Gasteiger charge is 2.38. The maximum Gasteiger partial charge on any atom is 0.225 e. The highest BCUT2D eigenvalue weighted by Crippen LogP contribution is 2.39. The summed E-state index contributed by atoms with van der Waals surface area (Å²) in [5.74, 6) is 1.67. The van der Waals surface area contributed by atoms with Gasteiger partial charge in [-0.15, -0.1) is 0 Å². The minimum absolute atomic E-state index is 0.0397. The molecule has 2 atom stereocenters. The van der Waals surface area contributed by atoms with E-state index in [4.69, 9.17) is 16.3 Å². The number of nitrogens with zero attached hydrogens (tertiary/aromatic N) is 1. The van der Waals surface area contributed by atoms with Crippen LogP contribution in [0.4, 0.5) is 0 Å². The first-order valence-electron chi connectivity index (χ1n) is 12.0. The highest BCUT2D eigenvalue weighted by molar-refractivity contribution is 6.30. The number of ether oxygens (including phenoxy) is 1. The molecule has 0 spiro atoms. The molecule has 1 amide bonds. The minimum Gasteiger partial charge on any atom is -0.482 e. The van der Waals surface area contributed by atoms with Gasteiger partial charge in [0, 0.05) is 48.4 Å². The summed E-state index contributed by atoms with van der Waals surface area (Å²) in [5.41, 5.74) is 1.95. The summed E-state index contributed by atoms with van der Waals surface area (Å²) in [4.78, 5) is 27.8. The summed E-state index contributed by atoms with van der Waals surface area (Å²) in [5, 5.41) is 11.0. The van der Waals surface area contributed by atoms with Crippen molar-refractivity contribution in [3.63, 3.8) is 0 Å². The Balaban J connectivity index is 1.08. The van der Waals surface area contributed by atoms with Crippen LogP contribution >= 0.6 is 11.6 Å². The molecule has 1 N–H and O–H groups in total. The number of aliphatic hydroxyl groups is 1. The molecule has 1 saturated carbocycles. The minimum atomic E-state index is -0.744. The van der Waals surface area contributed by atoms with Crippen LogP contribution in [-0.4, -0.2) is 40.9 Å². The number of aliphatic hydroxyl groups excluding tert-OH is 1. The number of halogens is 1. The first-order chi connectivity index (χ1) is 16.0. The topological polar surface area (TPSA) is 66.8 Å². The van der Waals surface area contributed by atoms with E-state index in [1.54, 1.807) is 18.2 Å². The van der Waals surface area contributed by atoms with E-state index in [1.165, 1.54) is 5.56 Å².